The van der Waals surface area contributed by atoms with Crippen molar-refractivity contribution in [3.8, 4) is 11.1 Å². The number of rotatable bonds is 9. The van der Waals surface area contributed by atoms with Gasteiger partial charge >= 0.3 is 12.2 Å². The van der Waals surface area contributed by atoms with Crippen molar-refractivity contribution in [3.63, 3.8) is 0 Å². The maximum absolute atomic E-state index is 12.9. The Morgan fingerprint density at radius 1 is 0.618 bits per heavy atom. The van der Waals surface area contributed by atoms with Crippen LogP contribution in [0.4, 0.5) is 15.3 Å². The first kappa shape index (κ1) is 39.9. The molecule has 0 radical (unpaired) electrons. The number of carboxylic acid groups (broad SMARTS) is 1. The van der Waals surface area contributed by atoms with Crippen LogP contribution in [0.2, 0.25) is 0 Å². The second kappa shape index (κ2) is 18.2. The van der Waals surface area contributed by atoms with Gasteiger partial charge in [-0.2, -0.15) is 0 Å². The Bertz CT molecular complexity index is 2110. The number of hydrogen-bond acceptors (Lipinski definition) is 5. The van der Waals surface area contributed by atoms with Crippen LogP contribution in [-0.4, -0.2) is 43.3 Å². The minimum atomic E-state index is -0.949. The number of aromatic nitrogens is 2. The summed E-state index contributed by atoms with van der Waals surface area (Å²) < 4.78 is 5.63. The molecule has 0 fully saturated rings. The van der Waals surface area contributed by atoms with Gasteiger partial charge in [0, 0.05) is 29.7 Å². The van der Waals surface area contributed by atoms with Crippen LogP contribution in [0.15, 0.2) is 158 Å². The number of carbonyl (C=O) groups is 2. The van der Waals surface area contributed by atoms with Crippen LogP contribution in [0, 0.1) is 0 Å². The van der Waals surface area contributed by atoms with E-state index in [0.717, 1.165) is 39.8 Å². The molecule has 1 unspecified atom stereocenters. The van der Waals surface area contributed by atoms with Crippen LogP contribution in [0.3, 0.4) is 0 Å². The highest BCUT2D eigenvalue weighted by atomic mass is 16.6. The van der Waals surface area contributed by atoms with Crippen LogP contribution in [0.1, 0.15) is 75.4 Å². The lowest BCUT2D eigenvalue weighted by molar-refractivity contribution is 0.0577. The molecule has 1 atom stereocenters. The molecule has 0 saturated carbocycles. The van der Waals surface area contributed by atoms with E-state index in [2.05, 4.69) is 28.2 Å². The maximum atomic E-state index is 12.9. The van der Waals surface area contributed by atoms with E-state index in [-0.39, 0.29) is 0 Å². The fraction of sp³-hybridized carbons (Fsp3) is 0.234. The average Bonchev–Trinajstić information content (AvgIpc) is 3.16. The fourth-order valence-electron chi connectivity index (χ4n) is 6.20. The number of anilines is 1. The van der Waals surface area contributed by atoms with E-state index in [1.54, 1.807) is 23.5 Å². The lowest BCUT2D eigenvalue weighted by Gasteiger charge is -2.40. The summed E-state index contributed by atoms with van der Waals surface area (Å²) in [4.78, 5) is 37.0. The summed E-state index contributed by atoms with van der Waals surface area (Å²) in [6.07, 6.45) is 6.53. The third-order valence-electron chi connectivity index (χ3n) is 8.63. The van der Waals surface area contributed by atoms with Gasteiger partial charge in [-0.15, -0.1) is 0 Å². The number of nitrogens with zero attached hydrogens (tertiary/aromatic N) is 4. The van der Waals surface area contributed by atoms with E-state index < -0.39 is 29.4 Å². The smallest absolute Gasteiger partial charge is 0.415 e. The highest BCUT2D eigenvalue weighted by Gasteiger charge is 2.35. The van der Waals surface area contributed by atoms with Crippen molar-refractivity contribution < 1.29 is 19.4 Å². The summed E-state index contributed by atoms with van der Waals surface area (Å²) in [6.45, 7) is 11.8. The minimum absolute atomic E-state index is 0.390. The van der Waals surface area contributed by atoms with Crippen molar-refractivity contribution >= 4 is 17.9 Å². The second-order valence-electron chi connectivity index (χ2n) is 15.3. The third kappa shape index (κ3) is 11.6. The van der Waals surface area contributed by atoms with Gasteiger partial charge in [0.05, 0.1) is 24.5 Å². The predicted molar refractivity (Wildman–Crippen MR) is 220 cm³/mol. The van der Waals surface area contributed by atoms with Crippen molar-refractivity contribution in [1.82, 2.24) is 14.9 Å². The van der Waals surface area contributed by atoms with Gasteiger partial charge in [-0.25, -0.2) is 9.59 Å². The molecule has 2 heterocycles. The topological polar surface area (TPSA) is 95.9 Å². The van der Waals surface area contributed by atoms with Crippen LogP contribution in [-0.2, 0) is 17.7 Å². The van der Waals surface area contributed by atoms with Gasteiger partial charge in [0.1, 0.15) is 5.60 Å². The van der Waals surface area contributed by atoms with E-state index in [4.69, 9.17) is 4.74 Å². The Hall–Kier alpha value is -6.28. The molecule has 4 aromatic carbocycles. The molecule has 0 aliphatic rings. The highest BCUT2D eigenvalue weighted by Crippen LogP contribution is 2.34. The van der Waals surface area contributed by atoms with Gasteiger partial charge in [-0.05, 0) is 93.5 Å². The number of carbonyl (C=O) groups excluding carboxylic acids is 1. The third-order valence-corrected chi connectivity index (χ3v) is 8.63. The van der Waals surface area contributed by atoms with Crippen molar-refractivity contribution in [3.05, 3.63) is 186 Å². The first-order chi connectivity index (χ1) is 26.3. The molecule has 6 rings (SSSR count). The molecule has 2 amide bonds. The molecule has 0 bridgehead atoms. The fourth-order valence-corrected chi connectivity index (χ4v) is 6.20. The van der Waals surface area contributed by atoms with E-state index in [1.807, 2.05) is 163 Å². The number of ether oxygens (including phenoxy) is 1. The summed E-state index contributed by atoms with van der Waals surface area (Å²) in [6, 6.07) is 43.4. The lowest BCUT2D eigenvalue weighted by atomic mass is 9.92. The van der Waals surface area contributed by atoms with Crippen molar-refractivity contribution in [2.75, 3.05) is 4.90 Å². The molecule has 8 nitrogen and oxygen atoms in total. The molecular weight excluding hydrogens is 685 g/mol. The van der Waals surface area contributed by atoms with Crippen LogP contribution < -0.4 is 4.90 Å². The molecule has 0 saturated heterocycles. The Morgan fingerprint density at radius 2 is 1.16 bits per heavy atom. The number of benzene rings is 4. The zero-order valence-electron chi connectivity index (χ0n) is 32.5. The summed E-state index contributed by atoms with van der Waals surface area (Å²) in [5, 5.41) is 10.0. The quantitative estimate of drug-likeness (QED) is 0.159. The van der Waals surface area contributed by atoms with Gasteiger partial charge in [-0.1, -0.05) is 121 Å². The molecule has 2 aromatic heterocycles. The molecule has 6 aromatic rings. The van der Waals surface area contributed by atoms with Gasteiger partial charge in [0.2, 0.25) is 0 Å². The van der Waals surface area contributed by atoms with Crippen molar-refractivity contribution in [2.45, 2.75) is 71.7 Å². The molecule has 8 heteroatoms. The van der Waals surface area contributed by atoms with Crippen molar-refractivity contribution in [1.29, 1.82) is 0 Å². The van der Waals surface area contributed by atoms with Gasteiger partial charge in [0.15, 0.2) is 0 Å². The molecule has 0 spiro atoms. The molecule has 0 aliphatic carbocycles. The van der Waals surface area contributed by atoms with E-state index >= 15 is 0 Å². The van der Waals surface area contributed by atoms with Gasteiger partial charge < -0.3 is 9.84 Å². The van der Waals surface area contributed by atoms with Gasteiger partial charge in [-0.3, -0.25) is 19.8 Å². The summed E-state index contributed by atoms with van der Waals surface area (Å²) >= 11 is 0. The standard InChI is InChI=1S/C24H26N2O2.C23H24N2O2/c1-24(2,3)26(23(27)28)22(20-12-8-5-9-13-20)21-15-19(16-25-17-21)14-18-10-6-4-7-11-18;1-23(2,3)27-22(26)25(17-18-10-6-4-7-11-18)21-14-20(15-24-16-21)19-12-8-5-9-13-19/h4-13,15-17,22H,14H2,1-3H3,(H,27,28);4-16H,17H2,1-3H3. The maximum Gasteiger partial charge on any atom is 0.415 e. The van der Waals surface area contributed by atoms with E-state index in [1.165, 1.54) is 10.5 Å². The highest BCUT2D eigenvalue weighted by molar-refractivity contribution is 5.88. The number of hydrogen-bond donors (Lipinski definition) is 1. The molecule has 1 N–H and O–H groups in total. The Morgan fingerprint density at radius 3 is 1.73 bits per heavy atom. The van der Waals surface area contributed by atoms with Crippen LogP contribution in [0.25, 0.3) is 11.1 Å². The first-order valence-electron chi connectivity index (χ1n) is 18.4. The molecule has 0 aliphatic heterocycles. The minimum Gasteiger partial charge on any atom is -0.465 e. The summed E-state index contributed by atoms with van der Waals surface area (Å²) in [5.74, 6) is 0. The Balaban J connectivity index is 0.000000211. The van der Waals surface area contributed by atoms with Crippen molar-refractivity contribution in [2.24, 2.45) is 0 Å². The SMILES string of the molecule is CC(C)(C)N(C(=O)O)C(c1ccccc1)c1cncc(Cc2ccccc2)c1.CC(C)(C)OC(=O)N(Cc1ccccc1)c1cncc(-c2ccccc2)c1. The predicted octanol–water partition coefficient (Wildman–Crippen LogP) is 11.2. The summed E-state index contributed by atoms with van der Waals surface area (Å²) in [7, 11) is 0. The number of amides is 2. The first-order valence-corrected chi connectivity index (χ1v) is 18.4. The normalized spacial score (nSPS) is 11.7. The van der Waals surface area contributed by atoms with Gasteiger partial charge in [0.25, 0.3) is 0 Å². The zero-order valence-corrected chi connectivity index (χ0v) is 32.5. The zero-order chi connectivity index (χ0) is 39.4. The molecular formula is C47H50N4O4. The van der Waals surface area contributed by atoms with E-state index in [0.29, 0.717) is 12.2 Å². The van der Waals surface area contributed by atoms with Crippen LogP contribution in [0.5, 0.6) is 0 Å². The monoisotopic (exact) mass is 734 g/mol. The van der Waals surface area contributed by atoms with Crippen LogP contribution >= 0.6 is 0 Å². The lowest BCUT2D eigenvalue weighted by Crippen LogP contribution is -2.47. The Labute approximate surface area is 325 Å². The largest absolute Gasteiger partial charge is 0.465 e. The summed E-state index contributed by atoms with van der Waals surface area (Å²) in [5.41, 5.74) is 6.65. The molecule has 282 valence electrons. The molecule has 55 heavy (non-hydrogen) atoms. The number of pyridine rings is 2. The second-order valence-corrected chi connectivity index (χ2v) is 15.3. The average molecular weight is 735 g/mol. The van der Waals surface area contributed by atoms with E-state index in [9.17, 15) is 14.7 Å². The Kier molecular flexibility index (Phi) is 13.2.